The molecular weight excluding hydrogens is 410 g/mol. The summed E-state index contributed by atoms with van der Waals surface area (Å²) in [6.07, 6.45) is 3.40. The third-order valence-electron chi connectivity index (χ3n) is 3.78. The Labute approximate surface area is 180 Å². The molecule has 0 aliphatic heterocycles. The molecule has 2 amide bonds. The second kappa shape index (κ2) is 11.1. The molecule has 0 saturated carbocycles. The van der Waals surface area contributed by atoms with Gasteiger partial charge in [0.1, 0.15) is 11.5 Å². The van der Waals surface area contributed by atoms with E-state index in [4.69, 9.17) is 8.92 Å². The number of nitrogens with one attached hydrogen (secondary N) is 3. The number of rotatable bonds is 8. The summed E-state index contributed by atoms with van der Waals surface area (Å²) >= 11 is 1.20. The maximum atomic E-state index is 11.9. The first-order valence-electron chi connectivity index (χ1n) is 8.49. The fraction of sp³-hybridized carbons (Fsp3) is 0.158. The van der Waals surface area contributed by atoms with Crippen molar-refractivity contribution >= 4 is 43.1 Å². The highest BCUT2D eigenvalue weighted by Gasteiger charge is 2.07. The molecule has 3 N–H and O–H groups in total. The van der Waals surface area contributed by atoms with Crippen LogP contribution in [0.5, 0.6) is 11.5 Å². The summed E-state index contributed by atoms with van der Waals surface area (Å²) in [5.74, 6) is 1.44. The topological polar surface area (TPSA) is 91.5 Å². The number of nitrogens with zero attached hydrogens (tertiary/aromatic N) is 2. The molecule has 0 atom stereocenters. The van der Waals surface area contributed by atoms with Gasteiger partial charge in [0.25, 0.3) is 0 Å². The first-order valence-corrected chi connectivity index (χ1v) is 9.19. The van der Waals surface area contributed by atoms with Gasteiger partial charge in [0.05, 0.1) is 13.3 Å². The normalized spacial score (nSPS) is 9.86. The summed E-state index contributed by atoms with van der Waals surface area (Å²) in [6, 6.07) is 14.6. The maximum absolute atomic E-state index is 11.9. The lowest BCUT2D eigenvalue weighted by Gasteiger charge is -2.17. The molecule has 0 aliphatic carbocycles. The van der Waals surface area contributed by atoms with Crippen LogP contribution in [0.2, 0.25) is 0 Å². The molecule has 0 spiro atoms. The summed E-state index contributed by atoms with van der Waals surface area (Å²) in [6.45, 7) is 0.404. The minimum atomic E-state index is -0.280. The number of amides is 2. The SMILES string of the molecule is COc1cccc(OSN(C)c2ccc(NC(=O)NCc3cn[nH]c3)cc2)c1.S. The van der Waals surface area contributed by atoms with Gasteiger partial charge in [-0.3, -0.25) is 9.40 Å². The Morgan fingerprint density at radius 3 is 2.66 bits per heavy atom. The van der Waals surface area contributed by atoms with E-state index in [1.54, 1.807) is 19.5 Å². The number of carbonyl (C=O) groups excluding carboxylic acids is 1. The second-order valence-electron chi connectivity index (χ2n) is 5.80. The van der Waals surface area contributed by atoms with Crippen LogP contribution in [-0.4, -0.2) is 30.4 Å². The van der Waals surface area contributed by atoms with Crippen molar-refractivity contribution in [3.8, 4) is 11.5 Å². The van der Waals surface area contributed by atoms with E-state index in [9.17, 15) is 4.79 Å². The fourth-order valence-electron chi connectivity index (χ4n) is 2.28. The van der Waals surface area contributed by atoms with Gasteiger partial charge in [0, 0.05) is 42.8 Å². The number of ether oxygens (including phenoxy) is 1. The monoisotopic (exact) mass is 433 g/mol. The molecule has 1 aromatic heterocycles. The fourth-order valence-corrected chi connectivity index (χ4v) is 2.79. The lowest BCUT2D eigenvalue weighted by atomic mass is 10.3. The molecule has 1 heterocycles. The molecule has 8 nitrogen and oxygen atoms in total. The summed E-state index contributed by atoms with van der Waals surface area (Å²) in [4.78, 5) is 11.9. The van der Waals surface area contributed by atoms with E-state index in [2.05, 4.69) is 20.8 Å². The van der Waals surface area contributed by atoms with Crippen molar-refractivity contribution < 1.29 is 13.7 Å². The third-order valence-corrected chi connectivity index (χ3v) is 4.48. The van der Waals surface area contributed by atoms with Crippen LogP contribution >= 0.6 is 25.7 Å². The molecule has 3 aromatic rings. The Bertz CT molecular complexity index is 891. The van der Waals surface area contributed by atoms with Crippen LogP contribution in [0.15, 0.2) is 60.9 Å². The van der Waals surface area contributed by atoms with Gasteiger partial charge >= 0.3 is 6.03 Å². The van der Waals surface area contributed by atoms with Crippen molar-refractivity contribution in [3.63, 3.8) is 0 Å². The molecule has 0 saturated heterocycles. The van der Waals surface area contributed by atoms with Gasteiger partial charge in [0.15, 0.2) is 12.2 Å². The average Bonchev–Trinajstić information content (AvgIpc) is 3.25. The minimum Gasteiger partial charge on any atom is -0.497 e. The van der Waals surface area contributed by atoms with Crippen molar-refractivity contribution in [2.45, 2.75) is 6.54 Å². The molecule has 0 fully saturated rings. The Balaban J connectivity index is 0.00000300. The van der Waals surface area contributed by atoms with Gasteiger partial charge in [-0.05, 0) is 36.4 Å². The van der Waals surface area contributed by atoms with Gasteiger partial charge in [-0.15, -0.1) is 0 Å². The molecular formula is C19H23N5O3S2. The zero-order valence-electron chi connectivity index (χ0n) is 16.0. The van der Waals surface area contributed by atoms with Crippen molar-refractivity contribution in [2.75, 3.05) is 23.8 Å². The minimum absolute atomic E-state index is 0. The van der Waals surface area contributed by atoms with Crippen LogP contribution in [0, 0.1) is 0 Å². The molecule has 2 aromatic carbocycles. The predicted octanol–water partition coefficient (Wildman–Crippen LogP) is 3.93. The molecule has 10 heteroatoms. The quantitative estimate of drug-likeness (QED) is 0.368. The zero-order chi connectivity index (χ0) is 19.8. The lowest BCUT2D eigenvalue weighted by Crippen LogP contribution is -2.28. The summed E-state index contributed by atoms with van der Waals surface area (Å²) < 4.78 is 12.8. The van der Waals surface area contributed by atoms with E-state index < -0.39 is 0 Å². The van der Waals surface area contributed by atoms with Crippen LogP contribution in [0.1, 0.15) is 5.56 Å². The molecule has 29 heavy (non-hydrogen) atoms. The van der Waals surface area contributed by atoms with Gasteiger partial charge in [-0.2, -0.15) is 18.6 Å². The van der Waals surface area contributed by atoms with Crippen LogP contribution in [0.25, 0.3) is 0 Å². The van der Waals surface area contributed by atoms with Gasteiger partial charge in [-0.25, -0.2) is 4.79 Å². The van der Waals surface area contributed by atoms with E-state index in [-0.39, 0.29) is 19.5 Å². The highest BCUT2D eigenvalue weighted by Crippen LogP contribution is 2.27. The van der Waals surface area contributed by atoms with Crippen molar-refractivity contribution in [1.29, 1.82) is 0 Å². The predicted molar refractivity (Wildman–Crippen MR) is 121 cm³/mol. The summed E-state index contributed by atoms with van der Waals surface area (Å²) in [5, 5.41) is 12.1. The second-order valence-corrected chi connectivity index (χ2v) is 6.66. The molecule has 0 unspecified atom stereocenters. The third kappa shape index (κ3) is 6.84. The number of aromatic nitrogens is 2. The van der Waals surface area contributed by atoms with Crippen LogP contribution in [0.3, 0.4) is 0 Å². The van der Waals surface area contributed by atoms with Crippen molar-refractivity contribution in [2.24, 2.45) is 0 Å². The Hall–Kier alpha value is -2.98. The number of H-pyrrole nitrogens is 1. The standard InChI is InChI=1S/C19H21N5O3S.H2S/c1-24(28-27-18-5-3-4-17(10-18)26-2)16-8-6-15(7-9-16)23-19(25)20-11-14-12-21-22-13-14;/h3-10,12-13H,11H2,1-2H3,(H,21,22)(H2,20,23,25);1H2. The molecule has 0 aliphatic rings. The summed E-state index contributed by atoms with van der Waals surface area (Å²) in [7, 11) is 3.51. The number of aromatic amines is 1. The van der Waals surface area contributed by atoms with Crippen molar-refractivity contribution in [3.05, 3.63) is 66.5 Å². The van der Waals surface area contributed by atoms with Crippen LogP contribution < -0.4 is 23.9 Å². The Morgan fingerprint density at radius 1 is 1.21 bits per heavy atom. The smallest absolute Gasteiger partial charge is 0.319 e. The van der Waals surface area contributed by atoms with Crippen LogP contribution in [0.4, 0.5) is 16.2 Å². The van der Waals surface area contributed by atoms with E-state index in [1.807, 2.05) is 59.9 Å². The van der Waals surface area contributed by atoms with Gasteiger partial charge in [0.2, 0.25) is 0 Å². The van der Waals surface area contributed by atoms with Gasteiger partial charge in [-0.1, -0.05) is 6.07 Å². The summed E-state index contributed by atoms with van der Waals surface area (Å²) in [5.41, 5.74) is 2.53. The number of hydrogen-bond acceptors (Lipinski definition) is 6. The number of urea groups is 1. The number of anilines is 2. The van der Waals surface area contributed by atoms with E-state index in [0.717, 1.165) is 17.0 Å². The zero-order valence-corrected chi connectivity index (χ0v) is 17.8. The van der Waals surface area contributed by atoms with E-state index in [1.165, 1.54) is 12.2 Å². The van der Waals surface area contributed by atoms with E-state index >= 15 is 0 Å². The Morgan fingerprint density at radius 2 is 1.97 bits per heavy atom. The molecule has 154 valence electrons. The van der Waals surface area contributed by atoms with E-state index in [0.29, 0.717) is 18.0 Å². The number of hydrogen-bond donors (Lipinski definition) is 3. The first kappa shape index (κ1) is 22.3. The molecule has 0 radical (unpaired) electrons. The average molecular weight is 434 g/mol. The van der Waals surface area contributed by atoms with Crippen LogP contribution in [-0.2, 0) is 6.54 Å². The number of carbonyl (C=O) groups is 1. The number of benzene rings is 2. The maximum Gasteiger partial charge on any atom is 0.319 e. The first-order chi connectivity index (χ1) is 13.6. The lowest BCUT2D eigenvalue weighted by molar-refractivity contribution is 0.251. The number of methoxy groups -OCH3 is 1. The highest BCUT2D eigenvalue weighted by atomic mass is 32.2. The molecule has 3 rings (SSSR count). The largest absolute Gasteiger partial charge is 0.497 e. The Kier molecular flexibility index (Phi) is 8.56. The van der Waals surface area contributed by atoms with Crippen molar-refractivity contribution in [1.82, 2.24) is 15.5 Å². The molecule has 0 bridgehead atoms. The van der Waals surface area contributed by atoms with Gasteiger partial charge < -0.3 is 19.6 Å². The highest BCUT2D eigenvalue weighted by molar-refractivity contribution is 7.96.